The summed E-state index contributed by atoms with van der Waals surface area (Å²) in [6, 6.07) is 2.97. The van der Waals surface area contributed by atoms with E-state index in [0.717, 1.165) is 18.2 Å². The zero-order valence-electron chi connectivity index (χ0n) is 9.31. The van der Waals surface area contributed by atoms with E-state index in [1.54, 1.807) is 0 Å². The van der Waals surface area contributed by atoms with Crippen molar-refractivity contribution >= 4 is 11.7 Å². The second kappa shape index (κ2) is 5.55. The number of hydrogen-bond donors (Lipinski definition) is 1. The number of carboxylic acid groups (broad SMARTS) is 1. The summed E-state index contributed by atoms with van der Waals surface area (Å²) in [5, 5.41) is 19.1. The highest BCUT2D eigenvalue weighted by Crippen LogP contribution is 2.29. The predicted octanol–water partition coefficient (Wildman–Crippen LogP) is 2.16. The molecule has 0 fully saturated rings. The van der Waals surface area contributed by atoms with E-state index < -0.39 is 41.5 Å². The fourth-order valence-electron chi connectivity index (χ4n) is 1.27. The summed E-state index contributed by atoms with van der Waals surface area (Å²) in [5.74, 6) is -1.82. The normalized spacial score (nSPS) is 11.1. The molecule has 0 heterocycles. The first-order valence-electron chi connectivity index (χ1n) is 4.87. The third-order valence-electron chi connectivity index (χ3n) is 1.97. The zero-order valence-corrected chi connectivity index (χ0v) is 9.31. The van der Waals surface area contributed by atoms with Crippen LogP contribution < -0.4 is 4.74 Å². The van der Waals surface area contributed by atoms with Crippen LogP contribution in [0.1, 0.15) is 5.56 Å². The molecule has 0 aromatic heterocycles. The van der Waals surface area contributed by atoms with Gasteiger partial charge in [0.25, 0.3) is 0 Å². The number of carboxylic acids is 1. The van der Waals surface area contributed by atoms with Gasteiger partial charge in [-0.05, 0) is 11.6 Å². The van der Waals surface area contributed by atoms with Crippen molar-refractivity contribution in [1.29, 1.82) is 0 Å². The van der Waals surface area contributed by atoms with E-state index >= 15 is 0 Å². The van der Waals surface area contributed by atoms with Gasteiger partial charge < -0.3 is 9.84 Å². The average Bonchev–Trinajstić information content (AvgIpc) is 2.24. The molecule has 1 aromatic carbocycles. The largest absolute Gasteiger partial charge is 0.481 e. The van der Waals surface area contributed by atoms with Crippen molar-refractivity contribution in [1.82, 2.24) is 0 Å². The Morgan fingerprint density at radius 3 is 2.53 bits per heavy atom. The second-order valence-corrected chi connectivity index (χ2v) is 3.53. The molecule has 0 saturated carbocycles. The van der Waals surface area contributed by atoms with Crippen LogP contribution in [0, 0.1) is 10.1 Å². The number of benzene rings is 1. The monoisotopic (exact) mass is 279 g/mol. The van der Waals surface area contributed by atoms with Crippen molar-refractivity contribution in [2.45, 2.75) is 12.6 Å². The lowest BCUT2D eigenvalue weighted by molar-refractivity contribution is -0.386. The van der Waals surface area contributed by atoms with Crippen LogP contribution in [0.3, 0.4) is 0 Å². The van der Waals surface area contributed by atoms with Gasteiger partial charge in [-0.25, -0.2) is 0 Å². The van der Waals surface area contributed by atoms with Gasteiger partial charge in [-0.1, -0.05) is 6.07 Å². The number of ether oxygens (including phenoxy) is 1. The maximum atomic E-state index is 12.0. The van der Waals surface area contributed by atoms with Crippen LogP contribution in [0.5, 0.6) is 5.75 Å². The Morgan fingerprint density at radius 2 is 2.05 bits per heavy atom. The molecule has 0 aliphatic rings. The smallest absolute Gasteiger partial charge is 0.422 e. The topological polar surface area (TPSA) is 89.7 Å². The number of carbonyl (C=O) groups is 1. The van der Waals surface area contributed by atoms with E-state index in [1.165, 1.54) is 0 Å². The number of nitro groups is 1. The number of halogens is 3. The molecule has 0 saturated heterocycles. The highest BCUT2D eigenvalue weighted by atomic mass is 19.4. The lowest BCUT2D eigenvalue weighted by atomic mass is 10.1. The summed E-state index contributed by atoms with van der Waals surface area (Å²) in [6.07, 6.45) is -5.11. The lowest BCUT2D eigenvalue weighted by Gasteiger charge is -2.10. The minimum atomic E-state index is -4.64. The van der Waals surface area contributed by atoms with Crippen LogP contribution in [0.25, 0.3) is 0 Å². The molecular weight excluding hydrogens is 271 g/mol. The van der Waals surface area contributed by atoms with E-state index in [4.69, 9.17) is 5.11 Å². The summed E-state index contributed by atoms with van der Waals surface area (Å²) < 4.78 is 40.3. The van der Waals surface area contributed by atoms with E-state index in [1.807, 2.05) is 0 Å². The first-order valence-corrected chi connectivity index (χ1v) is 4.87. The summed E-state index contributed by atoms with van der Waals surface area (Å²) in [5.41, 5.74) is -0.548. The maximum Gasteiger partial charge on any atom is 0.422 e. The van der Waals surface area contributed by atoms with Crippen LogP contribution >= 0.6 is 0 Å². The van der Waals surface area contributed by atoms with E-state index in [9.17, 15) is 28.1 Å². The van der Waals surface area contributed by atoms with Gasteiger partial charge in [-0.2, -0.15) is 13.2 Å². The van der Waals surface area contributed by atoms with Crippen LogP contribution in [-0.4, -0.2) is 28.8 Å². The van der Waals surface area contributed by atoms with Crippen molar-refractivity contribution in [3.63, 3.8) is 0 Å². The van der Waals surface area contributed by atoms with Crippen LogP contribution in [0.4, 0.5) is 18.9 Å². The molecule has 1 rings (SSSR count). The Hall–Kier alpha value is -2.32. The highest BCUT2D eigenvalue weighted by molar-refractivity contribution is 5.70. The van der Waals surface area contributed by atoms with E-state index in [0.29, 0.717) is 0 Å². The average molecular weight is 279 g/mol. The van der Waals surface area contributed by atoms with Crippen LogP contribution in [0.15, 0.2) is 18.2 Å². The Kier molecular flexibility index (Phi) is 4.30. The van der Waals surface area contributed by atoms with Gasteiger partial charge >= 0.3 is 17.8 Å². The number of alkyl halides is 3. The first-order chi connectivity index (χ1) is 8.69. The number of aliphatic carboxylic acids is 1. The van der Waals surface area contributed by atoms with Gasteiger partial charge in [0.1, 0.15) is 0 Å². The molecule has 1 aromatic rings. The molecule has 1 N–H and O–H groups in total. The fraction of sp³-hybridized carbons (Fsp3) is 0.300. The number of nitrogens with zero attached hydrogens (tertiary/aromatic N) is 1. The standard InChI is InChI=1S/C10H8F3NO5/c11-10(12,13)5-19-8-3-6(4-9(15)16)1-2-7(8)14(17)18/h1-3H,4-5H2,(H,15,16). The molecule has 6 nitrogen and oxygen atoms in total. The third kappa shape index (κ3) is 4.82. The molecule has 9 heteroatoms. The maximum absolute atomic E-state index is 12.0. The van der Waals surface area contributed by atoms with Crippen molar-refractivity contribution < 1.29 is 32.7 Å². The quantitative estimate of drug-likeness (QED) is 0.659. The van der Waals surface area contributed by atoms with Gasteiger partial charge in [0.15, 0.2) is 12.4 Å². The number of nitro benzene ring substituents is 1. The van der Waals surface area contributed by atoms with Gasteiger partial charge in [0.05, 0.1) is 11.3 Å². The number of hydrogen-bond acceptors (Lipinski definition) is 4. The predicted molar refractivity (Wildman–Crippen MR) is 56.0 cm³/mol. The zero-order chi connectivity index (χ0) is 14.6. The molecule has 0 aliphatic heterocycles. The van der Waals surface area contributed by atoms with Crippen molar-refractivity contribution in [3.8, 4) is 5.75 Å². The molecule has 0 unspecified atom stereocenters. The molecule has 0 aliphatic carbocycles. The van der Waals surface area contributed by atoms with Crippen molar-refractivity contribution in [2.75, 3.05) is 6.61 Å². The Balaban J connectivity index is 3.01. The highest BCUT2D eigenvalue weighted by Gasteiger charge is 2.30. The lowest BCUT2D eigenvalue weighted by Crippen LogP contribution is -2.19. The first kappa shape index (κ1) is 14.7. The molecule has 19 heavy (non-hydrogen) atoms. The van der Waals surface area contributed by atoms with Crippen LogP contribution in [0.2, 0.25) is 0 Å². The van der Waals surface area contributed by atoms with Gasteiger partial charge in [0, 0.05) is 6.07 Å². The summed E-state index contributed by atoms with van der Waals surface area (Å²) in [7, 11) is 0. The molecule has 0 amide bonds. The van der Waals surface area contributed by atoms with E-state index in [2.05, 4.69) is 4.74 Å². The van der Waals surface area contributed by atoms with Crippen LogP contribution in [-0.2, 0) is 11.2 Å². The van der Waals surface area contributed by atoms with Crippen molar-refractivity contribution in [2.24, 2.45) is 0 Å². The molecular formula is C10H8F3NO5. The second-order valence-electron chi connectivity index (χ2n) is 3.53. The van der Waals surface area contributed by atoms with Gasteiger partial charge in [0.2, 0.25) is 0 Å². The summed E-state index contributed by atoms with van der Waals surface area (Å²) >= 11 is 0. The minimum Gasteiger partial charge on any atom is -0.481 e. The third-order valence-corrected chi connectivity index (χ3v) is 1.97. The Bertz CT molecular complexity index is 500. The van der Waals surface area contributed by atoms with Crippen molar-refractivity contribution in [3.05, 3.63) is 33.9 Å². The molecule has 104 valence electrons. The Labute approximate surface area is 104 Å². The summed E-state index contributed by atoms with van der Waals surface area (Å²) in [4.78, 5) is 20.2. The molecule has 0 bridgehead atoms. The Morgan fingerprint density at radius 1 is 1.42 bits per heavy atom. The minimum absolute atomic E-state index is 0.107. The molecule has 0 atom stereocenters. The molecule has 0 radical (unpaired) electrons. The number of rotatable bonds is 5. The summed E-state index contributed by atoms with van der Waals surface area (Å²) in [6.45, 7) is -1.69. The van der Waals surface area contributed by atoms with Gasteiger partial charge in [-0.15, -0.1) is 0 Å². The SMILES string of the molecule is O=C(O)Cc1ccc([N+](=O)[O-])c(OCC(F)(F)F)c1. The van der Waals surface area contributed by atoms with E-state index in [-0.39, 0.29) is 5.56 Å². The molecule has 0 spiro atoms. The fourth-order valence-corrected chi connectivity index (χ4v) is 1.27. The van der Waals surface area contributed by atoms with Gasteiger partial charge in [-0.3, -0.25) is 14.9 Å².